The lowest BCUT2D eigenvalue weighted by atomic mass is 10.1. The molecule has 172 valence electrons. The molecule has 0 saturated carbocycles. The molecule has 0 spiro atoms. The Hall–Kier alpha value is -3.68. The van der Waals surface area contributed by atoms with Crippen LogP contribution in [0.4, 0.5) is 14.9 Å². The number of carboxylic acid groups (broad SMARTS) is 1. The average molecular weight is 569 g/mol. The molecular formula is C21H17FIN3O7. The van der Waals surface area contributed by atoms with Crippen LogP contribution in [0.2, 0.25) is 0 Å². The molecule has 12 heteroatoms. The number of methoxy groups -OCH3 is 1. The molecule has 0 unspecified atom stereocenters. The van der Waals surface area contributed by atoms with Crippen LogP contribution in [0.25, 0.3) is 6.08 Å². The van der Waals surface area contributed by atoms with Crippen molar-refractivity contribution >= 4 is 58.2 Å². The van der Waals surface area contributed by atoms with Crippen LogP contribution < -0.4 is 20.1 Å². The quantitative estimate of drug-likeness (QED) is 0.253. The number of hydrogen-bond acceptors (Lipinski definition) is 6. The Bertz CT molecular complexity index is 1170. The summed E-state index contributed by atoms with van der Waals surface area (Å²) in [5.41, 5.74) is 0.299. The number of nitrogens with zero attached hydrogens (tertiary/aromatic N) is 1. The number of carbonyl (C=O) groups excluding carboxylic acids is 3. The third kappa shape index (κ3) is 5.77. The van der Waals surface area contributed by atoms with Gasteiger partial charge in [-0.05, 0) is 58.5 Å². The Morgan fingerprint density at radius 3 is 2.67 bits per heavy atom. The van der Waals surface area contributed by atoms with E-state index in [2.05, 4.69) is 10.6 Å². The van der Waals surface area contributed by atoms with E-state index in [0.29, 0.717) is 14.0 Å². The monoisotopic (exact) mass is 569 g/mol. The van der Waals surface area contributed by atoms with Gasteiger partial charge in [0.25, 0.3) is 5.91 Å². The lowest BCUT2D eigenvalue weighted by Gasteiger charge is -2.13. The van der Waals surface area contributed by atoms with E-state index in [1.54, 1.807) is 6.07 Å². The van der Waals surface area contributed by atoms with Crippen molar-refractivity contribution in [3.05, 3.63) is 57.0 Å². The first-order chi connectivity index (χ1) is 15.7. The number of aliphatic carboxylic acids is 1. The number of hydrogen-bond donors (Lipinski definition) is 3. The van der Waals surface area contributed by atoms with Crippen LogP contribution >= 0.6 is 22.6 Å². The molecule has 3 rings (SSSR count). The van der Waals surface area contributed by atoms with Crippen molar-refractivity contribution in [3.63, 3.8) is 0 Å². The number of amides is 4. The second-order valence-corrected chi connectivity index (χ2v) is 7.79. The van der Waals surface area contributed by atoms with Crippen LogP contribution in [-0.2, 0) is 14.4 Å². The van der Waals surface area contributed by atoms with Crippen LogP contribution in [-0.4, -0.2) is 54.1 Å². The maximum Gasteiger partial charge on any atom is 0.341 e. The van der Waals surface area contributed by atoms with Gasteiger partial charge in [-0.2, -0.15) is 0 Å². The minimum Gasteiger partial charge on any atom is -0.493 e. The number of carbonyl (C=O) groups is 4. The molecule has 0 aromatic heterocycles. The highest BCUT2D eigenvalue weighted by Gasteiger charge is 2.35. The van der Waals surface area contributed by atoms with Gasteiger partial charge in [0.2, 0.25) is 5.91 Å². The summed E-state index contributed by atoms with van der Waals surface area (Å²) >= 11 is 1.92. The lowest BCUT2D eigenvalue weighted by Crippen LogP contribution is -2.38. The van der Waals surface area contributed by atoms with Gasteiger partial charge < -0.3 is 25.2 Å². The predicted octanol–water partition coefficient (Wildman–Crippen LogP) is 2.43. The van der Waals surface area contributed by atoms with Crippen molar-refractivity contribution in [2.45, 2.75) is 0 Å². The van der Waals surface area contributed by atoms with Crippen molar-refractivity contribution < 1.29 is 38.1 Å². The molecule has 0 bridgehead atoms. The zero-order valence-electron chi connectivity index (χ0n) is 17.1. The zero-order chi connectivity index (χ0) is 24.1. The van der Waals surface area contributed by atoms with E-state index < -0.39 is 42.8 Å². The second-order valence-electron chi connectivity index (χ2n) is 6.62. The molecule has 2 aromatic carbocycles. The molecule has 1 saturated heterocycles. The van der Waals surface area contributed by atoms with Crippen LogP contribution in [0.3, 0.4) is 0 Å². The zero-order valence-corrected chi connectivity index (χ0v) is 19.2. The van der Waals surface area contributed by atoms with Gasteiger partial charge in [0.05, 0.1) is 16.4 Å². The Labute approximate surface area is 200 Å². The molecule has 0 aliphatic carbocycles. The van der Waals surface area contributed by atoms with Crippen molar-refractivity contribution in [3.8, 4) is 11.5 Å². The summed E-state index contributed by atoms with van der Waals surface area (Å²) < 4.78 is 24.7. The maximum atomic E-state index is 13.7. The molecule has 3 N–H and O–H groups in total. The Morgan fingerprint density at radius 2 is 2.00 bits per heavy atom. The SMILES string of the molecule is COc1cc(/C=C2/NC(=O)N(CC(=O)Nc3ccccc3F)C2=O)cc(I)c1OCC(=O)O. The van der Waals surface area contributed by atoms with Crippen molar-refractivity contribution in [1.82, 2.24) is 10.2 Å². The molecule has 2 aromatic rings. The molecule has 0 atom stereocenters. The minimum atomic E-state index is -1.16. The number of nitrogens with one attached hydrogen (secondary N) is 2. The summed E-state index contributed by atoms with van der Waals surface area (Å²) in [6, 6.07) is 7.79. The third-order valence-corrected chi connectivity index (χ3v) is 5.12. The summed E-state index contributed by atoms with van der Waals surface area (Å²) in [6.45, 7) is -1.18. The molecule has 1 heterocycles. The highest BCUT2D eigenvalue weighted by molar-refractivity contribution is 14.1. The number of halogens is 2. The summed E-state index contributed by atoms with van der Waals surface area (Å²) in [5, 5.41) is 13.5. The van der Waals surface area contributed by atoms with Crippen LogP contribution in [0, 0.1) is 9.39 Å². The van der Waals surface area contributed by atoms with Crippen LogP contribution in [0.5, 0.6) is 11.5 Å². The number of urea groups is 1. The van der Waals surface area contributed by atoms with Gasteiger partial charge in [0.15, 0.2) is 18.1 Å². The first-order valence-corrected chi connectivity index (χ1v) is 10.4. The Kier molecular flexibility index (Phi) is 7.48. The first kappa shape index (κ1) is 24.0. The van der Waals surface area contributed by atoms with Gasteiger partial charge in [0.1, 0.15) is 18.1 Å². The van der Waals surface area contributed by atoms with Crippen molar-refractivity contribution in [2.24, 2.45) is 0 Å². The normalized spacial score (nSPS) is 14.3. The number of imide groups is 1. The fourth-order valence-corrected chi connectivity index (χ4v) is 3.66. The summed E-state index contributed by atoms with van der Waals surface area (Å²) in [5.74, 6) is -2.85. The van der Waals surface area contributed by atoms with E-state index in [9.17, 15) is 23.6 Å². The molecule has 4 amide bonds. The van der Waals surface area contributed by atoms with Gasteiger partial charge in [-0.1, -0.05) is 12.1 Å². The van der Waals surface area contributed by atoms with Gasteiger partial charge in [0, 0.05) is 0 Å². The summed E-state index contributed by atoms with van der Waals surface area (Å²) in [7, 11) is 1.37. The topological polar surface area (TPSA) is 134 Å². The molecule has 1 aliphatic rings. The fraction of sp³-hybridized carbons (Fsp3) is 0.143. The van der Waals surface area contributed by atoms with E-state index in [4.69, 9.17) is 14.6 Å². The van der Waals surface area contributed by atoms with Gasteiger partial charge in [-0.25, -0.2) is 18.9 Å². The van der Waals surface area contributed by atoms with Crippen LogP contribution in [0.15, 0.2) is 42.1 Å². The van der Waals surface area contributed by atoms with E-state index >= 15 is 0 Å². The average Bonchev–Trinajstić information content (AvgIpc) is 3.01. The van der Waals surface area contributed by atoms with E-state index in [1.807, 2.05) is 22.6 Å². The fourth-order valence-electron chi connectivity index (χ4n) is 2.87. The smallest absolute Gasteiger partial charge is 0.341 e. The summed E-state index contributed by atoms with van der Waals surface area (Å²) in [4.78, 5) is 48.5. The Morgan fingerprint density at radius 1 is 1.27 bits per heavy atom. The first-order valence-electron chi connectivity index (χ1n) is 9.30. The number of benzene rings is 2. The lowest BCUT2D eigenvalue weighted by molar-refractivity contribution is -0.139. The highest BCUT2D eigenvalue weighted by atomic mass is 127. The van der Waals surface area contributed by atoms with Gasteiger partial charge >= 0.3 is 12.0 Å². The largest absolute Gasteiger partial charge is 0.493 e. The Balaban J connectivity index is 1.76. The second kappa shape index (κ2) is 10.3. The molecule has 10 nitrogen and oxygen atoms in total. The van der Waals surface area contributed by atoms with Crippen molar-refractivity contribution in [1.29, 1.82) is 0 Å². The summed E-state index contributed by atoms with van der Waals surface area (Å²) in [6.07, 6.45) is 1.38. The van der Waals surface area contributed by atoms with E-state index in [1.165, 1.54) is 37.5 Å². The molecule has 1 aliphatic heterocycles. The number of carboxylic acids is 1. The van der Waals surface area contributed by atoms with Gasteiger partial charge in [-0.3, -0.25) is 9.59 Å². The molecule has 0 radical (unpaired) electrons. The van der Waals surface area contributed by atoms with Crippen molar-refractivity contribution in [2.75, 3.05) is 25.6 Å². The molecular weight excluding hydrogens is 552 g/mol. The van der Waals surface area contributed by atoms with Crippen LogP contribution in [0.1, 0.15) is 5.56 Å². The maximum absolute atomic E-state index is 13.7. The number of anilines is 1. The predicted molar refractivity (Wildman–Crippen MR) is 122 cm³/mol. The standard InChI is InChI=1S/C21H17FIN3O7/c1-32-16-8-11(6-13(23)19(16)33-10-18(28)29)7-15-20(30)26(21(31)25-15)9-17(27)24-14-5-3-2-4-12(14)22/h2-8H,9-10H2,1H3,(H,24,27)(H,25,31)(H,28,29)/b15-7+. The van der Waals surface area contributed by atoms with E-state index in [-0.39, 0.29) is 22.9 Å². The molecule has 1 fully saturated rings. The third-order valence-electron chi connectivity index (χ3n) is 4.31. The molecule has 33 heavy (non-hydrogen) atoms. The number of rotatable bonds is 8. The van der Waals surface area contributed by atoms with Gasteiger partial charge in [-0.15, -0.1) is 0 Å². The number of para-hydroxylation sites is 1. The van der Waals surface area contributed by atoms with E-state index in [0.717, 1.165) is 6.07 Å². The number of ether oxygens (including phenoxy) is 2. The minimum absolute atomic E-state index is 0.0720. The highest BCUT2D eigenvalue weighted by Crippen LogP contribution is 2.34.